The Bertz CT molecular complexity index is 771. The van der Waals surface area contributed by atoms with Gasteiger partial charge in [-0.2, -0.15) is 5.26 Å². The molecule has 0 unspecified atom stereocenters. The highest BCUT2D eigenvalue weighted by Crippen LogP contribution is 2.35. The van der Waals surface area contributed by atoms with E-state index in [1.54, 1.807) is 6.92 Å². The second kappa shape index (κ2) is 7.47. The lowest BCUT2D eigenvalue weighted by Crippen LogP contribution is -2.48. The molecule has 0 spiro atoms. The number of hydrogen-bond acceptors (Lipinski definition) is 5. The molecule has 3 heterocycles. The average molecular weight is 370 g/mol. The zero-order chi connectivity index (χ0) is 19.8. The summed E-state index contributed by atoms with van der Waals surface area (Å²) in [5.74, 6) is 1.33. The van der Waals surface area contributed by atoms with Crippen LogP contribution in [0.2, 0.25) is 0 Å². The number of pyridine rings is 1. The molecule has 1 amide bonds. The molecule has 1 aromatic heterocycles. The molecule has 0 aromatic carbocycles. The van der Waals surface area contributed by atoms with E-state index in [1.807, 2.05) is 4.90 Å². The molecule has 1 saturated heterocycles. The van der Waals surface area contributed by atoms with Gasteiger partial charge in [0.15, 0.2) is 0 Å². The Labute approximate surface area is 162 Å². The molecular weight excluding hydrogens is 340 g/mol. The van der Waals surface area contributed by atoms with E-state index < -0.39 is 0 Å². The van der Waals surface area contributed by atoms with Crippen LogP contribution in [0, 0.1) is 17.2 Å². The van der Waals surface area contributed by atoms with Crippen LogP contribution in [-0.2, 0) is 29.0 Å². The highest BCUT2D eigenvalue weighted by Gasteiger charge is 2.33. The van der Waals surface area contributed by atoms with E-state index in [-0.39, 0.29) is 11.5 Å². The van der Waals surface area contributed by atoms with Crippen molar-refractivity contribution in [2.24, 2.45) is 5.92 Å². The summed E-state index contributed by atoms with van der Waals surface area (Å²) in [6.07, 6.45) is 1.59. The fourth-order valence-corrected chi connectivity index (χ4v) is 3.96. The van der Waals surface area contributed by atoms with E-state index in [9.17, 15) is 10.1 Å². The summed E-state index contributed by atoms with van der Waals surface area (Å²) in [6.45, 7) is 13.4. The average Bonchev–Trinajstić information content (AvgIpc) is 2.60. The SMILES string of the molecule is CC(=O)N1CCN(c2nc3c(c(CC(C)C)c2C#N)COC(C)(C)C3)CC1. The van der Waals surface area contributed by atoms with Crippen LogP contribution in [0.3, 0.4) is 0 Å². The largest absolute Gasteiger partial charge is 0.370 e. The first-order valence-electron chi connectivity index (χ1n) is 9.81. The maximum Gasteiger partial charge on any atom is 0.219 e. The molecule has 0 saturated carbocycles. The number of nitriles is 1. The minimum Gasteiger partial charge on any atom is -0.370 e. The van der Waals surface area contributed by atoms with E-state index in [1.165, 1.54) is 0 Å². The van der Waals surface area contributed by atoms with Gasteiger partial charge in [-0.1, -0.05) is 13.8 Å². The van der Waals surface area contributed by atoms with Gasteiger partial charge in [-0.15, -0.1) is 0 Å². The summed E-state index contributed by atoms with van der Waals surface area (Å²) in [6, 6.07) is 2.43. The summed E-state index contributed by atoms with van der Waals surface area (Å²) in [4.78, 5) is 20.6. The van der Waals surface area contributed by atoms with Gasteiger partial charge in [-0.3, -0.25) is 4.79 Å². The zero-order valence-corrected chi connectivity index (χ0v) is 17.1. The molecule has 6 nitrogen and oxygen atoms in total. The minimum absolute atomic E-state index is 0.105. The van der Waals surface area contributed by atoms with Gasteiger partial charge in [-0.25, -0.2) is 4.98 Å². The molecule has 146 valence electrons. The number of nitrogens with zero attached hydrogens (tertiary/aromatic N) is 4. The van der Waals surface area contributed by atoms with Crippen molar-refractivity contribution < 1.29 is 9.53 Å². The first-order chi connectivity index (χ1) is 12.7. The molecule has 3 rings (SSSR count). The van der Waals surface area contributed by atoms with E-state index in [4.69, 9.17) is 9.72 Å². The Hall–Kier alpha value is -2.13. The van der Waals surface area contributed by atoms with E-state index in [2.05, 4.69) is 38.7 Å². The maximum absolute atomic E-state index is 11.6. The van der Waals surface area contributed by atoms with E-state index in [0.717, 1.165) is 35.5 Å². The first kappa shape index (κ1) is 19.6. The highest BCUT2D eigenvalue weighted by molar-refractivity contribution is 5.73. The predicted octanol–water partition coefficient (Wildman–Crippen LogP) is 2.67. The number of carbonyl (C=O) groups excluding carboxylic acids is 1. The van der Waals surface area contributed by atoms with Crippen molar-refractivity contribution in [1.29, 1.82) is 5.26 Å². The number of rotatable bonds is 3. The maximum atomic E-state index is 11.6. The summed E-state index contributed by atoms with van der Waals surface area (Å²) in [5.41, 5.74) is 3.70. The third kappa shape index (κ3) is 4.08. The number of carbonyl (C=O) groups is 1. The molecule has 1 aromatic rings. The molecule has 0 radical (unpaired) electrons. The Morgan fingerprint density at radius 2 is 1.96 bits per heavy atom. The summed E-state index contributed by atoms with van der Waals surface area (Å²) in [7, 11) is 0. The summed E-state index contributed by atoms with van der Waals surface area (Å²) in [5, 5.41) is 9.97. The topological polar surface area (TPSA) is 69.5 Å². The van der Waals surface area contributed by atoms with Gasteiger partial charge < -0.3 is 14.5 Å². The standard InChI is InChI=1S/C21H30N4O2/c1-14(2)10-16-17(12-22)20(25-8-6-24(7-9-25)15(3)26)23-19-11-21(4,5)27-13-18(16)19/h14H,6-11,13H2,1-5H3. The normalized spacial score (nSPS) is 19.0. The molecule has 2 aliphatic heterocycles. The summed E-state index contributed by atoms with van der Waals surface area (Å²) >= 11 is 0. The third-order valence-electron chi connectivity index (χ3n) is 5.43. The zero-order valence-electron chi connectivity index (χ0n) is 17.1. The van der Waals surface area contributed by atoms with E-state index in [0.29, 0.717) is 44.3 Å². The molecule has 2 aliphatic rings. The smallest absolute Gasteiger partial charge is 0.219 e. The number of anilines is 1. The molecule has 6 heteroatoms. The molecular formula is C21H30N4O2. The fourth-order valence-electron chi connectivity index (χ4n) is 3.96. The Balaban J connectivity index is 2.03. The predicted molar refractivity (Wildman–Crippen MR) is 105 cm³/mol. The monoisotopic (exact) mass is 370 g/mol. The van der Waals surface area contributed by atoms with Crippen LogP contribution >= 0.6 is 0 Å². The summed E-state index contributed by atoms with van der Waals surface area (Å²) < 4.78 is 6.03. The van der Waals surface area contributed by atoms with Gasteiger partial charge in [0.2, 0.25) is 5.91 Å². The van der Waals surface area contributed by atoms with Gasteiger partial charge in [0, 0.05) is 45.1 Å². The van der Waals surface area contributed by atoms with Crippen molar-refractivity contribution >= 4 is 11.7 Å². The van der Waals surface area contributed by atoms with Gasteiger partial charge in [0.25, 0.3) is 0 Å². The van der Waals surface area contributed by atoms with Crippen molar-refractivity contribution in [3.63, 3.8) is 0 Å². The fraction of sp³-hybridized carbons (Fsp3) is 0.667. The van der Waals surface area contributed by atoms with Gasteiger partial charge in [0.1, 0.15) is 11.9 Å². The van der Waals surface area contributed by atoms with Crippen molar-refractivity contribution in [2.75, 3.05) is 31.1 Å². The van der Waals surface area contributed by atoms with Crippen LogP contribution in [0.5, 0.6) is 0 Å². The van der Waals surface area contributed by atoms with Crippen molar-refractivity contribution in [3.05, 3.63) is 22.4 Å². The lowest BCUT2D eigenvalue weighted by Gasteiger charge is -2.38. The quantitative estimate of drug-likeness (QED) is 0.818. The number of piperazine rings is 1. The van der Waals surface area contributed by atoms with Crippen LogP contribution in [0.1, 0.15) is 57.0 Å². The Morgan fingerprint density at radius 1 is 1.30 bits per heavy atom. The molecule has 1 fully saturated rings. The number of amides is 1. The number of ether oxygens (including phenoxy) is 1. The molecule has 0 N–H and O–H groups in total. The number of fused-ring (bicyclic) bond motifs is 1. The second-order valence-corrected chi connectivity index (χ2v) is 8.64. The molecule has 0 aliphatic carbocycles. The molecule has 27 heavy (non-hydrogen) atoms. The van der Waals surface area contributed by atoms with Crippen LogP contribution in [0.25, 0.3) is 0 Å². The Morgan fingerprint density at radius 3 is 2.52 bits per heavy atom. The third-order valence-corrected chi connectivity index (χ3v) is 5.43. The van der Waals surface area contributed by atoms with Gasteiger partial charge in [-0.05, 0) is 31.7 Å². The van der Waals surface area contributed by atoms with Crippen molar-refractivity contribution in [3.8, 4) is 6.07 Å². The highest BCUT2D eigenvalue weighted by atomic mass is 16.5. The Kier molecular flexibility index (Phi) is 5.43. The van der Waals surface area contributed by atoms with Gasteiger partial charge >= 0.3 is 0 Å². The van der Waals surface area contributed by atoms with Crippen molar-refractivity contribution in [2.45, 2.75) is 59.7 Å². The molecule has 0 bridgehead atoms. The number of aromatic nitrogens is 1. The minimum atomic E-state index is -0.242. The number of hydrogen-bond donors (Lipinski definition) is 0. The first-order valence-corrected chi connectivity index (χ1v) is 9.81. The van der Waals surface area contributed by atoms with Crippen LogP contribution in [-0.4, -0.2) is 47.6 Å². The lowest BCUT2D eigenvalue weighted by atomic mass is 9.88. The van der Waals surface area contributed by atoms with Gasteiger partial charge in [0.05, 0.1) is 23.5 Å². The van der Waals surface area contributed by atoms with Crippen molar-refractivity contribution in [1.82, 2.24) is 9.88 Å². The van der Waals surface area contributed by atoms with Crippen LogP contribution in [0.15, 0.2) is 0 Å². The second-order valence-electron chi connectivity index (χ2n) is 8.64. The van der Waals surface area contributed by atoms with E-state index >= 15 is 0 Å². The van der Waals surface area contributed by atoms with Crippen LogP contribution in [0.4, 0.5) is 5.82 Å². The van der Waals surface area contributed by atoms with Crippen LogP contribution < -0.4 is 4.90 Å². The molecule has 0 atom stereocenters. The lowest BCUT2D eigenvalue weighted by molar-refractivity contribution is -0.129.